The Labute approximate surface area is 185 Å². The van der Waals surface area contributed by atoms with E-state index in [0.29, 0.717) is 27.7 Å². The first kappa shape index (κ1) is 22.0. The van der Waals surface area contributed by atoms with Crippen LogP contribution in [-0.4, -0.2) is 48.7 Å². The molecule has 0 aliphatic carbocycles. The van der Waals surface area contributed by atoms with Crippen molar-refractivity contribution in [1.82, 2.24) is 9.88 Å². The number of carbonyl (C=O) groups is 2. The topological polar surface area (TPSA) is 86.7 Å². The Morgan fingerprint density at radius 1 is 0.903 bits per heavy atom. The molecule has 2 aromatic carbocycles. The van der Waals surface area contributed by atoms with Gasteiger partial charge in [-0.15, -0.1) is 0 Å². The third-order valence-electron chi connectivity index (χ3n) is 4.43. The van der Waals surface area contributed by atoms with Crippen LogP contribution >= 0.6 is 11.6 Å². The van der Waals surface area contributed by atoms with E-state index in [9.17, 15) is 9.59 Å². The molecule has 0 spiro atoms. The first-order chi connectivity index (χ1) is 14.9. The summed E-state index contributed by atoms with van der Waals surface area (Å²) >= 11 is 5.82. The van der Waals surface area contributed by atoms with E-state index in [1.54, 1.807) is 55.6 Å². The predicted octanol–water partition coefficient (Wildman–Crippen LogP) is 4.18. The van der Waals surface area contributed by atoms with Crippen molar-refractivity contribution in [2.24, 2.45) is 4.99 Å². The molecule has 1 heterocycles. The molecule has 0 bridgehead atoms. The number of nitrogens with zero attached hydrogens (tertiary/aromatic N) is 3. The number of carbonyl (C=O) groups excluding carboxylic acids is 2. The van der Waals surface area contributed by atoms with Crippen LogP contribution < -0.4 is 10.6 Å². The largest absolute Gasteiger partial charge is 0.363 e. The van der Waals surface area contributed by atoms with Crippen LogP contribution in [0.25, 0.3) is 0 Å². The van der Waals surface area contributed by atoms with E-state index >= 15 is 0 Å². The number of nitrogens with one attached hydrogen (secondary N) is 2. The van der Waals surface area contributed by atoms with Crippen LogP contribution in [0.15, 0.2) is 71.9 Å². The van der Waals surface area contributed by atoms with E-state index in [0.717, 1.165) is 11.4 Å². The molecule has 0 aliphatic rings. The standard InChI is InChI=1S/C23H22ClN5O2/c1-25-21(29(2)3)15-8-10-16(11-9-15)22(30)27-19-7-5-4-6-18(19)23(31)28-20-13-12-17(24)14-26-20/h4-14H,1-3H3,(H,27,30)(H,26,28,31)/b25-21-. The summed E-state index contributed by atoms with van der Waals surface area (Å²) < 4.78 is 0. The number of aromatic nitrogens is 1. The number of amides is 2. The zero-order chi connectivity index (χ0) is 22.4. The molecule has 3 aromatic rings. The lowest BCUT2D eigenvalue weighted by molar-refractivity contribution is 0.102. The van der Waals surface area contributed by atoms with Crippen molar-refractivity contribution in [3.05, 3.63) is 88.6 Å². The van der Waals surface area contributed by atoms with Crippen LogP contribution in [-0.2, 0) is 0 Å². The molecule has 0 aliphatic heterocycles. The summed E-state index contributed by atoms with van der Waals surface area (Å²) in [6.07, 6.45) is 1.44. The number of rotatable bonds is 5. The number of anilines is 2. The fourth-order valence-corrected chi connectivity index (χ4v) is 3.09. The molecular weight excluding hydrogens is 414 g/mol. The molecule has 3 rings (SSSR count). The highest BCUT2D eigenvalue weighted by Gasteiger charge is 2.15. The van der Waals surface area contributed by atoms with Crippen LogP contribution in [0.4, 0.5) is 11.5 Å². The van der Waals surface area contributed by atoms with E-state index in [1.807, 2.05) is 31.1 Å². The van der Waals surface area contributed by atoms with Gasteiger partial charge < -0.3 is 15.5 Å². The van der Waals surface area contributed by atoms with Gasteiger partial charge in [0.1, 0.15) is 11.7 Å². The second-order valence-electron chi connectivity index (χ2n) is 6.83. The smallest absolute Gasteiger partial charge is 0.258 e. The molecule has 158 valence electrons. The number of halogens is 1. The number of para-hydroxylation sites is 1. The molecule has 0 saturated heterocycles. The second kappa shape index (κ2) is 9.86. The zero-order valence-electron chi connectivity index (χ0n) is 17.4. The zero-order valence-corrected chi connectivity index (χ0v) is 18.1. The van der Waals surface area contributed by atoms with E-state index in [-0.39, 0.29) is 5.91 Å². The summed E-state index contributed by atoms with van der Waals surface area (Å²) in [5.41, 5.74) is 2.08. The minimum Gasteiger partial charge on any atom is -0.363 e. The van der Waals surface area contributed by atoms with Gasteiger partial charge in [-0.2, -0.15) is 0 Å². The molecule has 2 amide bonds. The SMILES string of the molecule is C/N=C(/c1ccc(C(=O)Nc2ccccc2C(=O)Nc2ccc(Cl)cn2)cc1)N(C)C. The Bertz CT molecular complexity index is 1110. The normalized spacial score (nSPS) is 11.0. The average Bonchev–Trinajstić information content (AvgIpc) is 2.76. The second-order valence-corrected chi connectivity index (χ2v) is 7.27. The van der Waals surface area contributed by atoms with Crippen LogP contribution in [0, 0.1) is 0 Å². The molecule has 1 aromatic heterocycles. The maximum atomic E-state index is 12.8. The van der Waals surface area contributed by atoms with Gasteiger partial charge in [0.2, 0.25) is 0 Å². The highest BCUT2D eigenvalue weighted by molar-refractivity contribution is 6.30. The van der Waals surface area contributed by atoms with Gasteiger partial charge in [-0.1, -0.05) is 35.9 Å². The fourth-order valence-electron chi connectivity index (χ4n) is 2.98. The molecule has 0 fully saturated rings. The summed E-state index contributed by atoms with van der Waals surface area (Å²) in [7, 11) is 5.53. The van der Waals surface area contributed by atoms with Crippen molar-refractivity contribution >= 4 is 40.8 Å². The molecule has 0 saturated carbocycles. The van der Waals surface area contributed by atoms with Crippen molar-refractivity contribution in [1.29, 1.82) is 0 Å². The Morgan fingerprint density at radius 2 is 1.58 bits per heavy atom. The number of hydrogen-bond acceptors (Lipinski definition) is 4. The Balaban J connectivity index is 1.76. The molecule has 8 heteroatoms. The Morgan fingerprint density at radius 3 is 2.19 bits per heavy atom. The van der Waals surface area contributed by atoms with Gasteiger partial charge in [-0.05, 0) is 36.4 Å². The van der Waals surface area contributed by atoms with E-state index in [2.05, 4.69) is 20.6 Å². The van der Waals surface area contributed by atoms with Gasteiger partial charge in [-0.3, -0.25) is 14.6 Å². The molecule has 0 atom stereocenters. The highest BCUT2D eigenvalue weighted by atomic mass is 35.5. The predicted molar refractivity (Wildman–Crippen MR) is 124 cm³/mol. The molecule has 0 unspecified atom stereocenters. The average molecular weight is 436 g/mol. The minimum absolute atomic E-state index is 0.317. The molecule has 2 N–H and O–H groups in total. The monoisotopic (exact) mass is 435 g/mol. The van der Waals surface area contributed by atoms with Crippen LogP contribution in [0.2, 0.25) is 5.02 Å². The van der Waals surface area contributed by atoms with Gasteiger partial charge in [0, 0.05) is 38.5 Å². The molecule has 0 radical (unpaired) electrons. The van der Waals surface area contributed by atoms with Crippen molar-refractivity contribution in [3.63, 3.8) is 0 Å². The lowest BCUT2D eigenvalue weighted by Gasteiger charge is -2.15. The summed E-state index contributed by atoms with van der Waals surface area (Å²) in [5, 5.41) is 5.98. The number of pyridine rings is 1. The van der Waals surface area contributed by atoms with Gasteiger partial charge in [0.05, 0.1) is 16.3 Å². The third-order valence-corrected chi connectivity index (χ3v) is 4.65. The minimum atomic E-state index is -0.393. The van der Waals surface area contributed by atoms with Gasteiger partial charge in [0.15, 0.2) is 0 Å². The first-order valence-electron chi connectivity index (χ1n) is 9.47. The lowest BCUT2D eigenvalue weighted by atomic mass is 10.1. The van der Waals surface area contributed by atoms with Crippen molar-refractivity contribution < 1.29 is 9.59 Å². The number of aliphatic imine (C=N–C) groups is 1. The Hall–Kier alpha value is -3.71. The maximum Gasteiger partial charge on any atom is 0.258 e. The summed E-state index contributed by atoms with van der Waals surface area (Å²) in [6, 6.07) is 17.1. The molecule has 7 nitrogen and oxygen atoms in total. The van der Waals surface area contributed by atoms with Crippen molar-refractivity contribution in [2.45, 2.75) is 0 Å². The maximum absolute atomic E-state index is 12.8. The third kappa shape index (κ3) is 5.46. The van der Waals surface area contributed by atoms with Crippen LogP contribution in [0.1, 0.15) is 26.3 Å². The van der Waals surface area contributed by atoms with Crippen LogP contribution in [0.3, 0.4) is 0 Å². The van der Waals surface area contributed by atoms with E-state index < -0.39 is 5.91 Å². The summed E-state index contributed by atoms with van der Waals surface area (Å²) in [4.78, 5) is 35.7. The number of amidine groups is 1. The van der Waals surface area contributed by atoms with Gasteiger partial charge in [0.25, 0.3) is 11.8 Å². The number of hydrogen-bond donors (Lipinski definition) is 2. The quantitative estimate of drug-likeness (QED) is 0.465. The van der Waals surface area contributed by atoms with Crippen molar-refractivity contribution in [3.8, 4) is 0 Å². The van der Waals surface area contributed by atoms with Gasteiger partial charge >= 0.3 is 0 Å². The van der Waals surface area contributed by atoms with E-state index in [4.69, 9.17) is 11.6 Å². The van der Waals surface area contributed by atoms with Crippen LogP contribution in [0.5, 0.6) is 0 Å². The fraction of sp³-hybridized carbons (Fsp3) is 0.130. The molecule has 31 heavy (non-hydrogen) atoms. The lowest BCUT2D eigenvalue weighted by Crippen LogP contribution is -2.23. The Kier molecular flexibility index (Phi) is 6.99. The highest BCUT2D eigenvalue weighted by Crippen LogP contribution is 2.19. The molecular formula is C23H22ClN5O2. The summed E-state index contributed by atoms with van der Waals surface area (Å²) in [5.74, 6) is 0.456. The van der Waals surface area contributed by atoms with E-state index in [1.165, 1.54) is 6.20 Å². The van der Waals surface area contributed by atoms with Gasteiger partial charge in [-0.25, -0.2) is 4.98 Å². The first-order valence-corrected chi connectivity index (χ1v) is 9.84. The summed E-state index contributed by atoms with van der Waals surface area (Å²) in [6.45, 7) is 0. The van der Waals surface area contributed by atoms with Crippen molar-refractivity contribution in [2.75, 3.05) is 31.8 Å². The number of benzene rings is 2.